The number of methoxy groups -OCH3 is 1. The molecule has 8 heteroatoms. The van der Waals surface area contributed by atoms with Gasteiger partial charge in [-0.3, -0.25) is 4.79 Å². The molecule has 3 N–H and O–H groups in total. The van der Waals surface area contributed by atoms with Crippen molar-refractivity contribution < 1.29 is 29.3 Å². The molecule has 1 aliphatic rings. The predicted molar refractivity (Wildman–Crippen MR) is 68.4 cm³/mol. The smallest absolute Gasteiger partial charge is 0.326 e. The molecule has 0 saturated carbocycles. The van der Waals surface area contributed by atoms with Crippen LogP contribution in [0, 0.1) is 0 Å². The van der Waals surface area contributed by atoms with E-state index in [1.165, 1.54) is 4.90 Å². The molecule has 0 radical (unpaired) electrons. The number of carboxylic acid groups (broad SMARTS) is 2. The van der Waals surface area contributed by atoms with E-state index in [9.17, 15) is 14.4 Å². The Morgan fingerprint density at radius 3 is 2.60 bits per heavy atom. The summed E-state index contributed by atoms with van der Waals surface area (Å²) in [7, 11) is 1.59. The van der Waals surface area contributed by atoms with Crippen molar-refractivity contribution in [3.63, 3.8) is 0 Å². The van der Waals surface area contributed by atoms with Crippen molar-refractivity contribution in [3.05, 3.63) is 11.6 Å². The molecule has 1 rings (SSSR count). The van der Waals surface area contributed by atoms with Gasteiger partial charge in [0.05, 0.1) is 13.0 Å². The maximum Gasteiger partial charge on any atom is 0.326 e. The molecule has 20 heavy (non-hydrogen) atoms. The van der Waals surface area contributed by atoms with Crippen LogP contribution in [0.5, 0.6) is 0 Å². The third-order valence-electron chi connectivity index (χ3n) is 2.89. The molecule has 8 nitrogen and oxygen atoms in total. The van der Waals surface area contributed by atoms with Crippen LogP contribution in [-0.2, 0) is 14.3 Å². The van der Waals surface area contributed by atoms with E-state index in [0.717, 1.165) is 5.57 Å². The van der Waals surface area contributed by atoms with Gasteiger partial charge >= 0.3 is 18.0 Å². The molecule has 0 fully saturated rings. The third kappa shape index (κ3) is 4.88. The number of urea groups is 1. The summed E-state index contributed by atoms with van der Waals surface area (Å²) in [6.45, 7) is 1.30. The van der Waals surface area contributed by atoms with Crippen molar-refractivity contribution >= 4 is 18.0 Å². The topological polar surface area (TPSA) is 116 Å². The lowest BCUT2D eigenvalue weighted by molar-refractivity contribution is -0.145. The zero-order valence-corrected chi connectivity index (χ0v) is 11.2. The summed E-state index contributed by atoms with van der Waals surface area (Å²) in [5, 5.41) is 19.7. The maximum absolute atomic E-state index is 11.9. The minimum absolute atomic E-state index is 0.351. The summed E-state index contributed by atoms with van der Waals surface area (Å²) in [4.78, 5) is 34.7. The van der Waals surface area contributed by atoms with Gasteiger partial charge in [0.1, 0.15) is 6.04 Å². The molecule has 0 bridgehead atoms. The lowest BCUT2D eigenvalue weighted by atomic mass is 10.1. The molecule has 112 valence electrons. The molecule has 0 aromatic heterocycles. The Kier molecular flexibility index (Phi) is 5.98. The number of nitrogens with zero attached hydrogens (tertiary/aromatic N) is 1. The standard InChI is InChI=1S/C12H18N2O6/c1-20-7-8-2-4-14(5-3-8)12(19)13-9(11(17)18)6-10(15)16/h2,9H,3-7H2,1H3,(H,13,19)(H,15,16)(H,17,18)/t9-/m0/s1. The number of hydrogen-bond acceptors (Lipinski definition) is 4. The van der Waals surface area contributed by atoms with Crippen molar-refractivity contribution in [1.29, 1.82) is 0 Å². The van der Waals surface area contributed by atoms with Gasteiger partial charge in [-0.1, -0.05) is 6.08 Å². The van der Waals surface area contributed by atoms with Gasteiger partial charge in [-0.25, -0.2) is 9.59 Å². The van der Waals surface area contributed by atoms with Crippen molar-refractivity contribution in [1.82, 2.24) is 10.2 Å². The highest BCUT2D eigenvalue weighted by Gasteiger charge is 2.26. The second-order valence-electron chi connectivity index (χ2n) is 4.43. The molecule has 0 aliphatic carbocycles. The third-order valence-corrected chi connectivity index (χ3v) is 2.89. The second kappa shape index (κ2) is 7.49. The molecule has 0 saturated heterocycles. The fraction of sp³-hybridized carbons (Fsp3) is 0.583. The van der Waals surface area contributed by atoms with E-state index in [1.54, 1.807) is 7.11 Å². The molecule has 0 unspecified atom stereocenters. The number of aliphatic carboxylic acids is 2. The SMILES string of the molecule is COCC1=CCN(C(=O)N[C@@H](CC(=O)O)C(=O)O)CC1. The Morgan fingerprint density at radius 1 is 1.45 bits per heavy atom. The average Bonchev–Trinajstić information content (AvgIpc) is 2.38. The van der Waals surface area contributed by atoms with Crippen molar-refractivity contribution in [2.75, 3.05) is 26.8 Å². The normalized spacial score (nSPS) is 16.2. The van der Waals surface area contributed by atoms with Gasteiger partial charge in [0.2, 0.25) is 0 Å². The molecular formula is C12H18N2O6. The van der Waals surface area contributed by atoms with E-state index in [-0.39, 0.29) is 0 Å². The Bertz CT molecular complexity index is 420. The number of hydrogen-bond donors (Lipinski definition) is 3. The number of ether oxygens (including phenoxy) is 1. The fourth-order valence-electron chi connectivity index (χ4n) is 1.83. The largest absolute Gasteiger partial charge is 0.481 e. The van der Waals surface area contributed by atoms with E-state index >= 15 is 0 Å². The van der Waals surface area contributed by atoms with Gasteiger partial charge < -0.3 is 25.2 Å². The first kappa shape index (κ1) is 16.0. The van der Waals surface area contributed by atoms with Crippen LogP contribution in [0.2, 0.25) is 0 Å². The van der Waals surface area contributed by atoms with Gasteiger partial charge in [0.25, 0.3) is 0 Å². The molecule has 1 heterocycles. The maximum atomic E-state index is 11.9. The average molecular weight is 286 g/mol. The fourth-order valence-corrected chi connectivity index (χ4v) is 1.83. The van der Waals surface area contributed by atoms with Crippen LogP contribution in [-0.4, -0.2) is 65.9 Å². The van der Waals surface area contributed by atoms with E-state index < -0.39 is 30.4 Å². The number of nitrogens with one attached hydrogen (secondary N) is 1. The summed E-state index contributed by atoms with van der Waals surface area (Å²) < 4.78 is 4.99. The molecule has 0 aromatic carbocycles. The zero-order valence-electron chi connectivity index (χ0n) is 11.2. The number of carbonyl (C=O) groups excluding carboxylic acids is 1. The minimum Gasteiger partial charge on any atom is -0.481 e. The van der Waals surface area contributed by atoms with E-state index in [0.29, 0.717) is 26.1 Å². The Balaban J connectivity index is 2.54. The summed E-state index contributed by atoms with van der Waals surface area (Å²) in [5.74, 6) is -2.65. The van der Waals surface area contributed by atoms with Crippen LogP contribution >= 0.6 is 0 Å². The zero-order chi connectivity index (χ0) is 15.1. The lowest BCUT2D eigenvalue weighted by Crippen LogP contribution is -2.49. The summed E-state index contributed by atoms with van der Waals surface area (Å²) in [6, 6.07) is -2.00. The number of amides is 2. The van der Waals surface area contributed by atoms with Crippen molar-refractivity contribution in [2.45, 2.75) is 18.9 Å². The van der Waals surface area contributed by atoms with Gasteiger partial charge in [0, 0.05) is 20.2 Å². The number of rotatable bonds is 6. The Morgan fingerprint density at radius 2 is 2.15 bits per heavy atom. The lowest BCUT2D eigenvalue weighted by Gasteiger charge is -2.27. The van der Waals surface area contributed by atoms with Gasteiger partial charge in [0.15, 0.2) is 0 Å². The minimum atomic E-state index is -1.43. The molecule has 0 aromatic rings. The molecule has 1 atom stereocenters. The quantitative estimate of drug-likeness (QED) is 0.587. The van der Waals surface area contributed by atoms with Crippen molar-refractivity contribution in [2.24, 2.45) is 0 Å². The first-order chi connectivity index (χ1) is 9.43. The first-order valence-corrected chi connectivity index (χ1v) is 6.11. The van der Waals surface area contributed by atoms with Crippen LogP contribution < -0.4 is 5.32 Å². The molecule has 2 amide bonds. The van der Waals surface area contributed by atoms with E-state index in [2.05, 4.69) is 5.32 Å². The number of carboxylic acids is 2. The molecule has 0 spiro atoms. The van der Waals surface area contributed by atoms with E-state index in [4.69, 9.17) is 14.9 Å². The molecule has 1 aliphatic heterocycles. The van der Waals surface area contributed by atoms with Crippen LogP contribution in [0.4, 0.5) is 4.79 Å². The van der Waals surface area contributed by atoms with Gasteiger partial charge in [-0.2, -0.15) is 0 Å². The van der Waals surface area contributed by atoms with Crippen molar-refractivity contribution in [3.8, 4) is 0 Å². The molecular weight excluding hydrogens is 268 g/mol. The first-order valence-electron chi connectivity index (χ1n) is 6.11. The summed E-state index contributed by atoms with van der Waals surface area (Å²) in [5.41, 5.74) is 1.08. The summed E-state index contributed by atoms with van der Waals surface area (Å²) in [6.07, 6.45) is 1.84. The van der Waals surface area contributed by atoms with Gasteiger partial charge in [-0.15, -0.1) is 0 Å². The van der Waals surface area contributed by atoms with Crippen LogP contribution in [0.15, 0.2) is 11.6 Å². The highest BCUT2D eigenvalue weighted by Crippen LogP contribution is 2.11. The Hall–Kier alpha value is -2.09. The highest BCUT2D eigenvalue weighted by molar-refractivity contribution is 5.86. The Labute approximate surface area is 116 Å². The van der Waals surface area contributed by atoms with Crippen LogP contribution in [0.3, 0.4) is 0 Å². The highest BCUT2D eigenvalue weighted by atomic mass is 16.5. The summed E-state index contributed by atoms with van der Waals surface area (Å²) >= 11 is 0. The van der Waals surface area contributed by atoms with Crippen LogP contribution in [0.1, 0.15) is 12.8 Å². The second-order valence-corrected chi connectivity index (χ2v) is 4.43. The van der Waals surface area contributed by atoms with E-state index in [1.807, 2.05) is 6.08 Å². The predicted octanol–water partition coefficient (Wildman–Crippen LogP) is -0.0976. The van der Waals surface area contributed by atoms with Gasteiger partial charge in [-0.05, 0) is 12.0 Å². The van der Waals surface area contributed by atoms with Crippen LogP contribution in [0.25, 0.3) is 0 Å². The number of carbonyl (C=O) groups is 3. The monoisotopic (exact) mass is 286 g/mol.